The number of amides is 2. The average molecular weight is 496 g/mol. The second kappa shape index (κ2) is 10.5. The first-order valence-electron chi connectivity index (χ1n) is 10.8. The van der Waals surface area contributed by atoms with Crippen LogP contribution in [0.4, 0.5) is 17.2 Å². The van der Waals surface area contributed by atoms with E-state index < -0.39 is 16.8 Å². The van der Waals surface area contributed by atoms with Gasteiger partial charge < -0.3 is 15.0 Å². The Bertz CT molecular complexity index is 1280. The van der Waals surface area contributed by atoms with Crippen molar-refractivity contribution in [1.82, 2.24) is 4.98 Å². The molecule has 3 aromatic rings. The molecule has 1 aliphatic rings. The van der Waals surface area contributed by atoms with Gasteiger partial charge in [0.15, 0.2) is 5.03 Å². The van der Waals surface area contributed by atoms with Crippen LogP contribution in [0.5, 0.6) is 0 Å². The van der Waals surface area contributed by atoms with Crippen LogP contribution in [0, 0.1) is 17.0 Å². The predicted molar refractivity (Wildman–Crippen MR) is 132 cm³/mol. The number of nitro groups is 1. The smallest absolute Gasteiger partial charge is 0.320 e. The number of hydrogen-bond acceptors (Lipinski definition) is 7. The summed E-state index contributed by atoms with van der Waals surface area (Å²) in [5.41, 5.74) is 1.25. The van der Waals surface area contributed by atoms with E-state index >= 15 is 0 Å². The monoisotopic (exact) mass is 495 g/mol. The van der Waals surface area contributed by atoms with Crippen molar-refractivity contribution in [2.45, 2.75) is 6.92 Å². The van der Waals surface area contributed by atoms with E-state index in [0.29, 0.717) is 53.9 Å². The van der Waals surface area contributed by atoms with Gasteiger partial charge in [-0.15, -0.1) is 0 Å². The molecule has 4 rings (SSSR count). The SMILES string of the molecule is Cc1ccc(NC(=O)c2ccnc(N3CCOCC3)c2)cc1N(C(=O)c1cccc(Cl)c1)[N+](=O)[O-]. The highest BCUT2D eigenvalue weighted by Gasteiger charge is 2.30. The lowest BCUT2D eigenvalue weighted by molar-refractivity contribution is -0.481. The summed E-state index contributed by atoms with van der Waals surface area (Å²) in [4.78, 5) is 44.1. The van der Waals surface area contributed by atoms with Gasteiger partial charge in [0.1, 0.15) is 11.5 Å². The maximum Gasteiger partial charge on any atom is 0.320 e. The third kappa shape index (κ3) is 5.56. The minimum absolute atomic E-state index is 0.0292. The Labute approximate surface area is 206 Å². The van der Waals surface area contributed by atoms with Gasteiger partial charge in [-0.05, 0) is 60.0 Å². The van der Waals surface area contributed by atoms with Crippen LogP contribution in [-0.4, -0.2) is 48.1 Å². The van der Waals surface area contributed by atoms with E-state index in [9.17, 15) is 19.7 Å². The fourth-order valence-corrected chi connectivity index (χ4v) is 3.85. The zero-order chi connectivity index (χ0) is 24.9. The molecule has 10 nitrogen and oxygen atoms in total. The highest BCUT2D eigenvalue weighted by atomic mass is 35.5. The Morgan fingerprint density at radius 2 is 1.89 bits per heavy atom. The molecule has 2 aromatic carbocycles. The van der Waals surface area contributed by atoms with E-state index in [1.807, 2.05) is 4.90 Å². The fraction of sp³-hybridized carbons (Fsp3) is 0.208. The fourth-order valence-electron chi connectivity index (χ4n) is 3.66. The number of morpholine rings is 1. The molecule has 0 aliphatic carbocycles. The lowest BCUT2D eigenvalue weighted by Gasteiger charge is -2.27. The Morgan fingerprint density at radius 3 is 2.60 bits per heavy atom. The second-order valence-corrected chi connectivity index (χ2v) is 8.26. The summed E-state index contributed by atoms with van der Waals surface area (Å²) in [5.74, 6) is -0.601. The van der Waals surface area contributed by atoms with Gasteiger partial charge in [0.2, 0.25) is 0 Å². The van der Waals surface area contributed by atoms with Crippen LogP contribution in [0.25, 0.3) is 0 Å². The van der Waals surface area contributed by atoms with Crippen LogP contribution in [-0.2, 0) is 4.74 Å². The molecule has 0 atom stereocenters. The Morgan fingerprint density at radius 1 is 1.11 bits per heavy atom. The summed E-state index contributed by atoms with van der Waals surface area (Å²) in [6.07, 6.45) is 1.55. The van der Waals surface area contributed by atoms with Crippen molar-refractivity contribution in [1.29, 1.82) is 0 Å². The van der Waals surface area contributed by atoms with Crippen LogP contribution in [0.1, 0.15) is 26.3 Å². The molecule has 1 aromatic heterocycles. The quantitative estimate of drug-likeness (QED) is 0.406. The molecule has 2 heterocycles. The number of pyridine rings is 1. The standard InChI is InChI=1S/C24H22ClN5O5/c1-16-5-6-20(15-21(16)29(30(33)34)24(32)18-3-2-4-19(25)13-18)27-23(31)17-7-8-26-22(14-17)28-9-11-35-12-10-28/h2-8,13-15H,9-12H2,1H3,(H,27,31). The summed E-state index contributed by atoms with van der Waals surface area (Å²) in [5, 5.41) is 14.5. The van der Waals surface area contributed by atoms with Gasteiger partial charge in [-0.25, -0.2) is 15.1 Å². The molecule has 1 saturated heterocycles. The number of ether oxygens (including phenoxy) is 1. The first-order chi connectivity index (χ1) is 16.8. The number of hydrazine groups is 1. The number of nitrogens with zero attached hydrogens (tertiary/aromatic N) is 4. The molecule has 0 unspecified atom stereocenters. The molecule has 1 N–H and O–H groups in total. The van der Waals surface area contributed by atoms with E-state index in [2.05, 4.69) is 10.3 Å². The zero-order valence-electron chi connectivity index (χ0n) is 18.8. The van der Waals surface area contributed by atoms with Crippen LogP contribution in [0.3, 0.4) is 0 Å². The number of halogens is 1. The van der Waals surface area contributed by atoms with Crippen molar-refractivity contribution < 1.29 is 19.4 Å². The van der Waals surface area contributed by atoms with Gasteiger partial charge in [0.25, 0.3) is 5.91 Å². The molecule has 0 saturated carbocycles. The maximum atomic E-state index is 13.0. The largest absolute Gasteiger partial charge is 0.378 e. The van der Waals surface area contributed by atoms with Gasteiger partial charge in [0, 0.05) is 41.1 Å². The zero-order valence-corrected chi connectivity index (χ0v) is 19.6. The van der Waals surface area contributed by atoms with Crippen molar-refractivity contribution in [2.24, 2.45) is 0 Å². The Balaban J connectivity index is 1.58. The van der Waals surface area contributed by atoms with Crippen molar-refractivity contribution in [3.05, 3.63) is 92.6 Å². The van der Waals surface area contributed by atoms with Gasteiger partial charge in [-0.1, -0.05) is 23.7 Å². The number of aromatic nitrogens is 1. The number of carbonyl (C=O) groups excluding carboxylic acids is 2. The Kier molecular flexibility index (Phi) is 7.23. The van der Waals surface area contributed by atoms with Crippen molar-refractivity contribution in [3.8, 4) is 0 Å². The summed E-state index contributed by atoms with van der Waals surface area (Å²) in [6.45, 7) is 4.17. The Hall–Kier alpha value is -4.02. The van der Waals surface area contributed by atoms with E-state index in [1.165, 1.54) is 24.3 Å². The number of benzene rings is 2. The maximum absolute atomic E-state index is 13.0. The molecule has 1 aliphatic heterocycles. The van der Waals surface area contributed by atoms with E-state index in [4.69, 9.17) is 16.3 Å². The molecule has 180 valence electrons. The van der Waals surface area contributed by atoms with Gasteiger partial charge in [0.05, 0.1) is 13.2 Å². The third-order valence-electron chi connectivity index (χ3n) is 5.47. The third-order valence-corrected chi connectivity index (χ3v) is 5.70. The number of rotatable bonds is 6. The number of hydrogen-bond donors (Lipinski definition) is 1. The van der Waals surface area contributed by atoms with Crippen molar-refractivity contribution >= 4 is 40.6 Å². The molecule has 35 heavy (non-hydrogen) atoms. The number of carbonyl (C=O) groups is 2. The van der Waals surface area contributed by atoms with Crippen molar-refractivity contribution in [3.63, 3.8) is 0 Å². The molecule has 0 spiro atoms. The molecule has 11 heteroatoms. The van der Waals surface area contributed by atoms with Crippen LogP contribution >= 0.6 is 11.6 Å². The highest BCUT2D eigenvalue weighted by Crippen LogP contribution is 2.27. The molecule has 1 fully saturated rings. The summed E-state index contributed by atoms with van der Waals surface area (Å²) < 4.78 is 5.35. The normalized spacial score (nSPS) is 13.3. The van der Waals surface area contributed by atoms with E-state index in [0.717, 1.165) is 0 Å². The predicted octanol–water partition coefficient (Wildman–Crippen LogP) is 3.97. The van der Waals surface area contributed by atoms with Gasteiger partial charge in [-0.3, -0.25) is 9.59 Å². The highest BCUT2D eigenvalue weighted by molar-refractivity contribution is 6.31. The van der Waals surface area contributed by atoms with Crippen LogP contribution < -0.4 is 15.2 Å². The summed E-state index contributed by atoms with van der Waals surface area (Å²) >= 11 is 5.95. The van der Waals surface area contributed by atoms with E-state index in [1.54, 1.807) is 43.5 Å². The van der Waals surface area contributed by atoms with Gasteiger partial charge >= 0.3 is 5.91 Å². The number of nitrogens with one attached hydrogen (secondary N) is 1. The van der Waals surface area contributed by atoms with E-state index in [-0.39, 0.29) is 16.3 Å². The molecular weight excluding hydrogens is 474 g/mol. The molecule has 0 radical (unpaired) electrons. The summed E-state index contributed by atoms with van der Waals surface area (Å²) in [6, 6.07) is 13.8. The first kappa shape index (κ1) is 24.1. The van der Waals surface area contributed by atoms with Crippen LogP contribution in [0.2, 0.25) is 5.02 Å². The minimum Gasteiger partial charge on any atom is -0.378 e. The number of anilines is 3. The second-order valence-electron chi connectivity index (χ2n) is 7.82. The average Bonchev–Trinajstić information content (AvgIpc) is 2.86. The minimum atomic E-state index is -0.853. The van der Waals surface area contributed by atoms with Crippen LogP contribution in [0.15, 0.2) is 60.8 Å². The molecule has 2 amide bonds. The lowest BCUT2D eigenvalue weighted by Crippen LogP contribution is -2.37. The summed E-state index contributed by atoms with van der Waals surface area (Å²) in [7, 11) is 0. The number of aryl methyl sites for hydroxylation is 1. The lowest BCUT2D eigenvalue weighted by atomic mass is 10.1. The van der Waals surface area contributed by atoms with Gasteiger partial charge in [-0.2, -0.15) is 0 Å². The van der Waals surface area contributed by atoms with Crippen molar-refractivity contribution in [2.75, 3.05) is 41.5 Å². The topological polar surface area (TPSA) is 118 Å². The molecular formula is C24H22ClN5O5. The molecule has 0 bridgehead atoms. The first-order valence-corrected chi connectivity index (χ1v) is 11.2.